The molecule has 1 rings (SSSR count). The van der Waals surface area contributed by atoms with Crippen molar-refractivity contribution in [2.24, 2.45) is 0 Å². The van der Waals surface area contributed by atoms with Gasteiger partial charge in [0.2, 0.25) is 0 Å². The molecule has 0 saturated heterocycles. The highest BCUT2D eigenvalue weighted by atomic mass is 35.5. The lowest BCUT2D eigenvalue weighted by Crippen LogP contribution is -2.29. The maximum Gasteiger partial charge on any atom is 0.317 e. The number of alkyl halides is 2. The van der Waals surface area contributed by atoms with Crippen molar-refractivity contribution in [1.82, 2.24) is 10.5 Å². The third-order valence-corrected chi connectivity index (χ3v) is 1.62. The molecule has 0 atom stereocenters. The number of amides is 1. The largest absolute Gasteiger partial charge is 0.317 e. The number of hydrogen-bond donors (Lipinski definition) is 1. The molecule has 0 aliphatic carbocycles. The van der Waals surface area contributed by atoms with Crippen LogP contribution < -0.4 is 5.48 Å². The normalized spacial score (nSPS) is 10.4. The first-order chi connectivity index (χ1) is 7.09. The quantitative estimate of drug-likeness (QED) is 0.637. The molecular formula is C8H7ClF2N2O2. The first-order valence-electron chi connectivity index (χ1n) is 3.90. The van der Waals surface area contributed by atoms with E-state index >= 15 is 0 Å². The molecule has 7 heteroatoms. The monoisotopic (exact) mass is 236 g/mol. The van der Waals surface area contributed by atoms with Crippen molar-refractivity contribution >= 4 is 17.5 Å². The fourth-order valence-corrected chi connectivity index (χ4v) is 0.839. The van der Waals surface area contributed by atoms with E-state index in [1.54, 1.807) is 11.5 Å². The van der Waals surface area contributed by atoms with Gasteiger partial charge >= 0.3 is 12.3 Å². The van der Waals surface area contributed by atoms with E-state index in [0.29, 0.717) is 10.7 Å². The molecular weight excluding hydrogens is 230 g/mol. The van der Waals surface area contributed by atoms with E-state index in [4.69, 9.17) is 11.6 Å². The van der Waals surface area contributed by atoms with Crippen LogP contribution in [0.1, 0.15) is 5.56 Å². The van der Waals surface area contributed by atoms with Gasteiger partial charge in [-0.15, -0.1) is 0 Å². The minimum Gasteiger partial charge on any atom is -0.269 e. The van der Waals surface area contributed by atoms with Crippen LogP contribution >= 0.6 is 11.6 Å². The van der Waals surface area contributed by atoms with Gasteiger partial charge in [-0.25, -0.2) is 10.5 Å². The van der Waals surface area contributed by atoms with Gasteiger partial charge in [0.1, 0.15) is 11.8 Å². The Morgan fingerprint density at radius 3 is 2.87 bits per heavy atom. The zero-order chi connectivity index (χ0) is 11.3. The van der Waals surface area contributed by atoms with Crippen molar-refractivity contribution in [3.8, 4) is 0 Å². The summed E-state index contributed by atoms with van der Waals surface area (Å²) in [6.07, 6.45) is -1.68. The van der Waals surface area contributed by atoms with Crippen LogP contribution in [0.3, 0.4) is 0 Å². The van der Waals surface area contributed by atoms with Crippen molar-refractivity contribution in [3.05, 3.63) is 29.0 Å². The zero-order valence-electron chi connectivity index (χ0n) is 7.41. The number of pyridine rings is 1. The van der Waals surface area contributed by atoms with Crippen LogP contribution in [0, 0.1) is 0 Å². The van der Waals surface area contributed by atoms with Gasteiger partial charge in [-0.2, -0.15) is 8.78 Å². The molecule has 4 nitrogen and oxygen atoms in total. The molecule has 0 unspecified atom stereocenters. The molecule has 0 aliphatic heterocycles. The SMILES string of the molecule is O=C(NOCc1ccc(Cl)nc1)C(F)F. The van der Waals surface area contributed by atoms with Gasteiger partial charge in [-0.05, 0) is 11.6 Å². The zero-order valence-corrected chi connectivity index (χ0v) is 8.17. The molecule has 82 valence electrons. The first-order valence-corrected chi connectivity index (χ1v) is 4.27. The Bertz CT molecular complexity index is 332. The highest BCUT2D eigenvalue weighted by molar-refractivity contribution is 6.29. The highest BCUT2D eigenvalue weighted by Crippen LogP contribution is 2.05. The Hall–Kier alpha value is -1.27. The molecule has 0 spiro atoms. The Kier molecular flexibility index (Phi) is 4.38. The summed E-state index contributed by atoms with van der Waals surface area (Å²) in [7, 11) is 0. The number of carbonyl (C=O) groups excluding carboxylic acids is 1. The van der Waals surface area contributed by atoms with Gasteiger partial charge in [-0.1, -0.05) is 17.7 Å². The van der Waals surface area contributed by atoms with Crippen molar-refractivity contribution in [2.45, 2.75) is 13.0 Å². The third-order valence-electron chi connectivity index (χ3n) is 1.40. The van der Waals surface area contributed by atoms with Crippen LogP contribution in [-0.2, 0) is 16.2 Å². The Morgan fingerprint density at radius 1 is 1.60 bits per heavy atom. The van der Waals surface area contributed by atoms with Gasteiger partial charge in [0, 0.05) is 6.20 Å². The number of carbonyl (C=O) groups is 1. The van der Waals surface area contributed by atoms with Crippen LogP contribution in [0.2, 0.25) is 5.15 Å². The summed E-state index contributed by atoms with van der Waals surface area (Å²) in [6, 6.07) is 3.12. The van der Waals surface area contributed by atoms with Gasteiger partial charge < -0.3 is 0 Å². The van der Waals surface area contributed by atoms with E-state index in [1.165, 1.54) is 12.3 Å². The number of nitrogens with one attached hydrogen (secondary N) is 1. The van der Waals surface area contributed by atoms with E-state index in [0.717, 1.165) is 0 Å². The summed E-state index contributed by atoms with van der Waals surface area (Å²) in [5.74, 6) is -1.48. The van der Waals surface area contributed by atoms with Gasteiger partial charge in [0.25, 0.3) is 0 Å². The predicted molar refractivity (Wildman–Crippen MR) is 48.2 cm³/mol. The summed E-state index contributed by atoms with van der Waals surface area (Å²) in [5.41, 5.74) is 2.20. The second-order valence-corrected chi connectivity index (χ2v) is 2.93. The molecule has 1 N–H and O–H groups in total. The average Bonchev–Trinajstić information content (AvgIpc) is 2.20. The lowest BCUT2D eigenvalue weighted by molar-refractivity contribution is -0.145. The topological polar surface area (TPSA) is 51.2 Å². The highest BCUT2D eigenvalue weighted by Gasteiger charge is 2.14. The maximum atomic E-state index is 11.7. The minimum atomic E-state index is -3.09. The lowest BCUT2D eigenvalue weighted by Gasteiger charge is -2.04. The van der Waals surface area contributed by atoms with Crippen LogP contribution in [0.25, 0.3) is 0 Å². The first kappa shape index (κ1) is 11.8. The molecule has 1 aromatic heterocycles. The summed E-state index contributed by atoms with van der Waals surface area (Å²) in [4.78, 5) is 18.6. The molecule has 1 aromatic rings. The van der Waals surface area contributed by atoms with Crippen molar-refractivity contribution in [1.29, 1.82) is 0 Å². The van der Waals surface area contributed by atoms with E-state index in [-0.39, 0.29) is 6.61 Å². The summed E-state index contributed by atoms with van der Waals surface area (Å²) >= 11 is 5.52. The van der Waals surface area contributed by atoms with Crippen molar-refractivity contribution < 1.29 is 18.4 Å². The standard InChI is InChI=1S/C8H7ClF2N2O2/c9-6-2-1-5(3-12-6)4-15-13-8(14)7(10)11/h1-3,7H,4H2,(H,13,14). The molecule has 0 fully saturated rings. The Labute approximate surface area is 89.2 Å². The number of hydrogen-bond acceptors (Lipinski definition) is 3. The summed E-state index contributed by atoms with van der Waals surface area (Å²) in [5, 5.41) is 0.315. The van der Waals surface area contributed by atoms with E-state index in [9.17, 15) is 13.6 Å². The van der Waals surface area contributed by atoms with Crippen LogP contribution in [-0.4, -0.2) is 17.3 Å². The molecule has 1 heterocycles. The average molecular weight is 237 g/mol. The number of hydroxylamine groups is 1. The molecule has 1 amide bonds. The number of rotatable bonds is 4. The van der Waals surface area contributed by atoms with Crippen LogP contribution in [0.15, 0.2) is 18.3 Å². The maximum absolute atomic E-state index is 11.7. The second-order valence-electron chi connectivity index (χ2n) is 2.54. The fraction of sp³-hybridized carbons (Fsp3) is 0.250. The van der Waals surface area contributed by atoms with Crippen LogP contribution in [0.5, 0.6) is 0 Å². The van der Waals surface area contributed by atoms with Gasteiger partial charge in [0.15, 0.2) is 0 Å². The molecule has 0 saturated carbocycles. The number of aromatic nitrogens is 1. The van der Waals surface area contributed by atoms with E-state index in [2.05, 4.69) is 9.82 Å². The fourth-order valence-electron chi connectivity index (χ4n) is 0.727. The van der Waals surface area contributed by atoms with E-state index < -0.39 is 12.3 Å². The van der Waals surface area contributed by atoms with E-state index in [1.807, 2.05) is 0 Å². The molecule has 15 heavy (non-hydrogen) atoms. The van der Waals surface area contributed by atoms with Crippen molar-refractivity contribution in [2.75, 3.05) is 0 Å². The summed E-state index contributed by atoms with van der Waals surface area (Å²) < 4.78 is 23.4. The van der Waals surface area contributed by atoms with Crippen molar-refractivity contribution in [3.63, 3.8) is 0 Å². The smallest absolute Gasteiger partial charge is 0.269 e. The molecule has 0 aromatic carbocycles. The molecule has 0 aliphatic rings. The van der Waals surface area contributed by atoms with Gasteiger partial charge in [-0.3, -0.25) is 9.63 Å². The Morgan fingerprint density at radius 2 is 2.33 bits per heavy atom. The number of halogens is 3. The predicted octanol–water partition coefficient (Wildman–Crippen LogP) is 1.55. The Balaban J connectivity index is 2.32. The lowest BCUT2D eigenvalue weighted by atomic mass is 10.3. The third kappa shape index (κ3) is 4.18. The molecule has 0 bridgehead atoms. The summed E-state index contributed by atoms with van der Waals surface area (Å²) in [6.45, 7) is -0.0529. The number of nitrogens with zero attached hydrogens (tertiary/aromatic N) is 1. The van der Waals surface area contributed by atoms with Crippen LogP contribution in [0.4, 0.5) is 8.78 Å². The molecule has 0 radical (unpaired) electrons. The minimum absolute atomic E-state index is 0.0529. The van der Waals surface area contributed by atoms with Gasteiger partial charge in [0.05, 0.1) is 0 Å². The second kappa shape index (κ2) is 5.57.